The summed E-state index contributed by atoms with van der Waals surface area (Å²) in [4.78, 5) is 2.46. The Labute approximate surface area is 150 Å². The Hall–Kier alpha value is -1.84. The summed E-state index contributed by atoms with van der Waals surface area (Å²) in [5.74, 6) is 0.844. The molecule has 0 radical (unpaired) electrons. The van der Waals surface area contributed by atoms with Crippen LogP contribution in [-0.2, 0) is 5.41 Å². The summed E-state index contributed by atoms with van der Waals surface area (Å²) in [6.07, 6.45) is 1.44. The van der Waals surface area contributed by atoms with Crippen LogP contribution in [0.4, 0.5) is 0 Å². The number of nitrogens with zero attached hydrogens (tertiary/aromatic N) is 1. The molecule has 1 aliphatic heterocycles. The van der Waals surface area contributed by atoms with Gasteiger partial charge in [0.05, 0.1) is 6.10 Å². The molecule has 0 spiro atoms. The van der Waals surface area contributed by atoms with Crippen molar-refractivity contribution in [2.75, 3.05) is 19.6 Å². The van der Waals surface area contributed by atoms with Crippen molar-refractivity contribution in [2.45, 2.75) is 38.2 Å². The van der Waals surface area contributed by atoms with Gasteiger partial charge in [0, 0.05) is 13.1 Å². The van der Waals surface area contributed by atoms with E-state index in [2.05, 4.69) is 24.8 Å². The van der Waals surface area contributed by atoms with Crippen molar-refractivity contribution in [3.05, 3.63) is 65.7 Å². The van der Waals surface area contributed by atoms with Gasteiger partial charge in [0.1, 0.15) is 5.75 Å². The number of aromatic hydroxyl groups is 1. The Balaban J connectivity index is 1.58. The molecule has 25 heavy (non-hydrogen) atoms. The van der Waals surface area contributed by atoms with Gasteiger partial charge in [-0.15, -0.1) is 0 Å². The molecule has 2 N–H and O–H groups in total. The van der Waals surface area contributed by atoms with Crippen molar-refractivity contribution in [3.63, 3.8) is 0 Å². The lowest BCUT2D eigenvalue weighted by molar-refractivity contribution is 0.0868. The molecule has 0 amide bonds. The van der Waals surface area contributed by atoms with Crippen LogP contribution >= 0.6 is 0 Å². The van der Waals surface area contributed by atoms with E-state index in [1.165, 1.54) is 5.56 Å². The van der Waals surface area contributed by atoms with Crippen LogP contribution in [0.5, 0.6) is 5.75 Å². The molecule has 0 bridgehead atoms. The quantitative estimate of drug-likeness (QED) is 0.861. The highest BCUT2D eigenvalue weighted by Gasteiger charge is 2.38. The smallest absolute Gasteiger partial charge is 0.115 e. The molecular weight excluding hydrogens is 310 g/mol. The minimum atomic E-state index is -0.393. The third kappa shape index (κ3) is 4.05. The molecular formula is C22H29NO2. The van der Waals surface area contributed by atoms with Gasteiger partial charge in [-0.3, -0.25) is 0 Å². The normalized spacial score (nSPS) is 25.6. The average molecular weight is 339 g/mol. The largest absolute Gasteiger partial charge is 0.508 e. The first-order chi connectivity index (χ1) is 12.0. The molecule has 1 heterocycles. The number of aliphatic hydroxyl groups excluding tert-OH is 1. The van der Waals surface area contributed by atoms with E-state index in [1.807, 2.05) is 42.5 Å². The van der Waals surface area contributed by atoms with Crippen molar-refractivity contribution in [1.82, 2.24) is 4.90 Å². The molecule has 134 valence electrons. The summed E-state index contributed by atoms with van der Waals surface area (Å²) in [6.45, 7) is 7.56. The summed E-state index contributed by atoms with van der Waals surface area (Å²) < 4.78 is 0. The second kappa shape index (κ2) is 7.59. The highest BCUT2D eigenvalue weighted by Crippen LogP contribution is 2.40. The fraction of sp³-hybridized carbons (Fsp3) is 0.455. The third-order valence-electron chi connectivity index (χ3n) is 5.98. The summed E-state index contributed by atoms with van der Waals surface area (Å²) in [6, 6.07) is 17.6. The predicted molar refractivity (Wildman–Crippen MR) is 102 cm³/mol. The van der Waals surface area contributed by atoms with Crippen molar-refractivity contribution < 1.29 is 10.2 Å². The van der Waals surface area contributed by atoms with E-state index in [9.17, 15) is 10.2 Å². The number of phenolic OH excluding ortho intramolecular Hbond substituents is 1. The molecule has 3 heteroatoms. The number of benzene rings is 2. The van der Waals surface area contributed by atoms with E-state index >= 15 is 0 Å². The number of piperidine rings is 1. The van der Waals surface area contributed by atoms with Crippen molar-refractivity contribution >= 4 is 0 Å². The fourth-order valence-electron chi connectivity index (χ4n) is 3.96. The summed E-state index contributed by atoms with van der Waals surface area (Å²) >= 11 is 0. The van der Waals surface area contributed by atoms with Crippen LogP contribution in [0.25, 0.3) is 0 Å². The molecule has 0 aliphatic carbocycles. The lowest BCUT2D eigenvalue weighted by Crippen LogP contribution is -2.47. The van der Waals surface area contributed by atoms with Gasteiger partial charge in [0.2, 0.25) is 0 Å². The number of rotatable bonds is 5. The first kappa shape index (κ1) is 18.0. The van der Waals surface area contributed by atoms with E-state index in [0.717, 1.165) is 38.0 Å². The zero-order valence-electron chi connectivity index (χ0n) is 15.2. The Bertz CT molecular complexity index is 687. The van der Waals surface area contributed by atoms with Crippen LogP contribution in [-0.4, -0.2) is 34.7 Å². The maximum atomic E-state index is 10.4. The summed E-state index contributed by atoms with van der Waals surface area (Å²) in [5, 5.41) is 20.2. The fourth-order valence-corrected chi connectivity index (χ4v) is 3.96. The van der Waals surface area contributed by atoms with Crippen molar-refractivity contribution in [3.8, 4) is 5.75 Å². The van der Waals surface area contributed by atoms with Gasteiger partial charge in [-0.2, -0.15) is 0 Å². The van der Waals surface area contributed by atoms with E-state index < -0.39 is 6.10 Å². The van der Waals surface area contributed by atoms with Gasteiger partial charge in [0.15, 0.2) is 0 Å². The van der Waals surface area contributed by atoms with Gasteiger partial charge in [-0.1, -0.05) is 56.3 Å². The monoisotopic (exact) mass is 339 g/mol. The molecule has 2 aromatic carbocycles. The van der Waals surface area contributed by atoms with E-state index in [1.54, 1.807) is 6.07 Å². The molecule has 2 aromatic rings. The topological polar surface area (TPSA) is 43.7 Å². The molecule has 0 aromatic heterocycles. The van der Waals surface area contributed by atoms with Crippen molar-refractivity contribution in [2.24, 2.45) is 5.92 Å². The highest BCUT2D eigenvalue weighted by atomic mass is 16.3. The number of likely N-dealkylation sites (tertiary alicyclic amines) is 1. The minimum Gasteiger partial charge on any atom is -0.508 e. The first-order valence-corrected chi connectivity index (χ1v) is 9.24. The first-order valence-electron chi connectivity index (χ1n) is 9.24. The average Bonchev–Trinajstić information content (AvgIpc) is 2.63. The summed E-state index contributed by atoms with van der Waals surface area (Å²) in [5.41, 5.74) is 2.31. The Kier molecular flexibility index (Phi) is 5.45. The van der Waals surface area contributed by atoms with Gasteiger partial charge < -0.3 is 15.1 Å². The number of hydrogen-bond donors (Lipinski definition) is 2. The van der Waals surface area contributed by atoms with Gasteiger partial charge in [-0.25, -0.2) is 0 Å². The van der Waals surface area contributed by atoms with Crippen LogP contribution in [0.1, 0.15) is 43.9 Å². The van der Waals surface area contributed by atoms with Crippen molar-refractivity contribution in [1.29, 1.82) is 0 Å². The SMILES string of the molecule is CC1CN(CCC(O)c2ccccc2)CCC1(C)c1cccc(O)c1. The maximum absolute atomic E-state index is 10.4. The molecule has 3 rings (SSSR count). The Morgan fingerprint density at radius 3 is 2.60 bits per heavy atom. The summed E-state index contributed by atoms with van der Waals surface area (Å²) in [7, 11) is 0. The zero-order chi connectivity index (χ0) is 17.9. The lowest BCUT2D eigenvalue weighted by Gasteiger charge is -2.45. The Morgan fingerprint density at radius 2 is 1.92 bits per heavy atom. The highest BCUT2D eigenvalue weighted by molar-refractivity contribution is 5.33. The van der Waals surface area contributed by atoms with Gasteiger partial charge >= 0.3 is 0 Å². The molecule has 3 unspecified atom stereocenters. The minimum absolute atomic E-state index is 0.0906. The zero-order valence-corrected chi connectivity index (χ0v) is 15.2. The standard InChI is InChI=1S/C22H29NO2/c1-17-16-23(13-11-21(25)18-7-4-3-5-8-18)14-12-22(17,2)19-9-6-10-20(24)15-19/h3-10,15,17,21,24-25H,11-14,16H2,1-2H3. The second-order valence-electron chi connectivity index (χ2n) is 7.63. The van der Waals surface area contributed by atoms with Crippen LogP contribution in [0.2, 0.25) is 0 Å². The lowest BCUT2D eigenvalue weighted by atomic mass is 9.68. The van der Waals surface area contributed by atoms with E-state index in [4.69, 9.17) is 0 Å². The number of hydrogen-bond acceptors (Lipinski definition) is 3. The molecule has 1 saturated heterocycles. The Morgan fingerprint density at radius 1 is 1.16 bits per heavy atom. The maximum Gasteiger partial charge on any atom is 0.115 e. The van der Waals surface area contributed by atoms with Crippen LogP contribution in [0.15, 0.2) is 54.6 Å². The molecule has 1 aliphatic rings. The molecule has 3 atom stereocenters. The van der Waals surface area contributed by atoms with E-state index in [-0.39, 0.29) is 5.41 Å². The van der Waals surface area contributed by atoms with Gasteiger partial charge in [0.25, 0.3) is 0 Å². The second-order valence-corrected chi connectivity index (χ2v) is 7.63. The van der Waals surface area contributed by atoms with Crippen LogP contribution in [0, 0.1) is 5.92 Å². The molecule has 0 saturated carbocycles. The predicted octanol–water partition coefficient (Wildman–Crippen LogP) is 4.12. The number of aliphatic hydroxyl groups is 1. The van der Waals surface area contributed by atoms with Crippen LogP contribution in [0.3, 0.4) is 0 Å². The number of phenols is 1. The molecule has 3 nitrogen and oxygen atoms in total. The third-order valence-corrected chi connectivity index (χ3v) is 5.98. The van der Waals surface area contributed by atoms with E-state index in [0.29, 0.717) is 11.7 Å². The van der Waals surface area contributed by atoms with Gasteiger partial charge in [-0.05, 0) is 54.0 Å². The van der Waals surface area contributed by atoms with Crippen LogP contribution < -0.4 is 0 Å². The molecule has 1 fully saturated rings.